The Balaban J connectivity index is 1.88. The van der Waals surface area contributed by atoms with Crippen molar-refractivity contribution in [2.75, 3.05) is 12.0 Å². The second-order valence-corrected chi connectivity index (χ2v) is 7.36. The first-order chi connectivity index (χ1) is 11.1. The molecule has 3 nitrogen and oxygen atoms in total. The van der Waals surface area contributed by atoms with Gasteiger partial charge in [-0.15, -0.1) is 0 Å². The van der Waals surface area contributed by atoms with E-state index in [-0.39, 0.29) is 5.91 Å². The Hall–Kier alpha value is -1.63. The zero-order valence-corrected chi connectivity index (χ0v) is 15.4. The number of anilines is 1. The first-order valence-electron chi connectivity index (χ1n) is 6.76. The molecule has 6 heteroatoms. The lowest BCUT2D eigenvalue weighted by molar-refractivity contribution is -0.113. The van der Waals surface area contributed by atoms with Crippen LogP contribution in [0, 0.1) is 0 Å². The van der Waals surface area contributed by atoms with Gasteiger partial charge in [0, 0.05) is 4.47 Å². The Morgan fingerprint density at radius 3 is 2.39 bits per heavy atom. The summed E-state index contributed by atoms with van der Waals surface area (Å²) in [7, 11) is 1.62. The molecule has 0 saturated carbocycles. The lowest BCUT2D eigenvalue weighted by Crippen LogP contribution is -2.27. The average molecular weight is 406 g/mol. The van der Waals surface area contributed by atoms with Crippen molar-refractivity contribution in [1.29, 1.82) is 0 Å². The SMILES string of the molecule is COc1ccc(/C=C2\SC(=S)N(c3ccc(Br)cc3)C2=O)cc1. The number of carbonyl (C=O) groups excluding carboxylic acids is 1. The van der Waals surface area contributed by atoms with Crippen LogP contribution in [0.1, 0.15) is 5.56 Å². The molecule has 23 heavy (non-hydrogen) atoms. The van der Waals surface area contributed by atoms with E-state index >= 15 is 0 Å². The fourth-order valence-corrected chi connectivity index (χ4v) is 3.70. The van der Waals surface area contributed by atoms with Crippen LogP contribution in [-0.4, -0.2) is 17.3 Å². The van der Waals surface area contributed by atoms with Gasteiger partial charge in [0.1, 0.15) is 5.75 Å². The number of rotatable bonds is 3. The van der Waals surface area contributed by atoms with E-state index in [1.165, 1.54) is 11.8 Å². The molecule has 0 radical (unpaired) electrons. The van der Waals surface area contributed by atoms with E-state index in [1.54, 1.807) is 12.0 Å². The van der Waals surface area contributed by atoms with Crippen molar-refractivity contribution < 1.29 is 9.53 Å². The average Bonchev–Trinajstić information content (AvgIpc) is 2.83. The lowest BCUT2D eigenvalue weighted by Gasteiger charge is -2.14. The van der Waals surface area contributed by atoms with Crippen LogP contribution in [0.3, 0.4) is 0 Å². The summed E-state index contributed by atoms with van der Waals surface area (Å²) in [5.74, 6) is 0.683. The number of nitrogens with zero attached hydrogens (tertiary/aromatic N) is 1. The molecule has 1 aliphatic heterocycles. The van der Waals surface area contributed by atoms with Crippen molar-refractivity contribution in [2.45, 2.75) is 0 Å². The van der Waals surface area contributed by atoms with Crippen molar-refractivity contribution in [1.82, 2.24) is 0 Å². The molecule has 0 bridgehead atoms. The molecule has 2 aromatic rings. The zero-order chi connectivity index (χ0) is 16.4. The Kier molecular flexibility index (Phi) is 4.84. The Morgan fingerprint density at radius 2 is 1.78 bits per heavy atom. The van der Waals surface area contributed by atoms with Crippen LogP contribution in [0.2, 0.25) is 0 Å². The van der Waals surface area contributed by atoms with Crippen molar-refractivity contribution >= 4 is 61.9 Å². The van der Waals surface area contributed by atoms with E-state index < -0.39 is 0 Å². The van der Waals surface area contributed by atoms with E-state index in [0.29, 0.717) is 9.23 Å². The highest BCUT2D eigenvalue weighted by atomic mass is 79.9. The van der Waals surface area contributed by atoms with Gasteiger partial charge < -0.3 is 4.74 Å². The minimum Gasteiger partial charge on any atom is -0.497 e. The molecular formula is C17H12BrNO2S2. The summed E-state index contributed by atoms with van der Waals surface area (Å²) in [5.41, 5.74) is 1.70. The summed E-state index contributed by atoms with van der Waals surface area (Å²) in [6.45, 7) is 0. The maximum atomic E-state index is 12.6. The molecule has 1 saturated heterocycles. The first kappa shape index (κ1) is 16.2. The van der Waals surface area contributed by atoms with Crippen molar-refractivity contribution in [2.24, 2.45) is 0 Å². The number of benzene rings is 2. The molecule has 0 aromatic heterocycles. The van der Waals surface area contributed by atoms with Crippen LogP contribution in [-0.2, 0) is 4.79 Å². The van der Waals surface area contributed by atoms with Gasteiger partial charge in [0.15, 0.2) is 4.32 Å². The van der Waals surface area contributed by atoms with Gasteiger partial charge in [-0.05, 0) is 48.0 Å². The van der Waals surface area contributed by atoms with Gasteiger partial charge in [-0.3, -0.25) is 9.69 Å². The lowest BCUT2D eigenvalue weighted by atomic mass is 10.2. The summed E-state index contributed by atoms with van der Waals surface area (Å²) >= 11 is 10.1. The topological polar surface area (TPSA) is 29.5 Å². The summed E-state index contributed by atoms with van der Waals surface area (Å²) in [6, 6.07) is 15.1. The number of halogens is 1. The third kappa shape index (κ3) is 3.49. The highest BCUT2D eigenvalue weighted by Crippen LogP contribution is 2.36. The Morgan fingerprint density at radius 1 is 1.13 bits per heavy atom. The summed E-state index contributed by atoms with van der Waals surface area (Å²) in [5, 5.41) is 0. The number of hydrogen-bond donors (Lipinski definition) is 0. The summed E-state index contributed by atoms with van der Waals surface area (Å²) in [6.07, 6.45) is 1.84. The minimum absolute atomic E-state index is 0.0989. The number of ether oxygens (including phenoxy) is 1. The van der Waals surface area contributed by atoms with Crippen molar-refractivity contribution in [3.8, 4) is 5.75 Å². The van der Waals surface area contributed by atoms with Crippen molar-refractivity contribution in [3.05, 3.63) is 63.5 Å². The highest BCUT2D eigenvalue weighted by Gasteiger charge is 2.33. The standard InChI is InChI=1S/C17H12BrNO2S2/c1-21-14-8-2-11(3-9-14)10-15-16(20)19(17(22)23-15)13-6-4-12(18)5-7-13/h2-10H,1H3/b15-10-. The number of hydrogen-bond acceptors (Lipinski definition) is 4. The van der Waals surface area contributed by atoms with Gasteiger partial charge in [0.2, 0.25) is 0 Å². The van der Waals surface area contributed by atoms with E-state index in [4.69, 9.17) is 17.0 Å². The van der Waals surface area contributed by atoms with E-state index in [9.17, 15) is 4.79 Å². The zero-order valence-electron chi connectivity index (χ0n) is 12.2. The third-order valence-electron chi connectivity index (χ3n) is 3.29. The van der Waals surface area contributed by atoms with Crippen LogP contribution < -0.4 is 9.64 Å². The number of thioether (sulfide) groups is 1. The summed E-state index contributed by atoms with van der Waals surface area (Å²) in [4.78, 5) is 14.8. The van der Waals surface area contributed by atoms with E-state index in [1.807, 2.05) is 54.6 Å². The molecule has 1 amide bonds. The van der Waals surface area contributed by atoms with Gasteiger partial charge in [-0.2, -0.15) is 0 Å². The van der Waals surface area contributed by atoms with Gasteiger partial charge in [0.25, 0.3) is 5.91 Å². The van der Waals surface area contributed by atoms with Gasteiger partial charge in [-0.1, -0.05) is 52.0 Å². The minimum atomic E-state index is -0.0989. The van der Waals surface area contributed by atoms with Crippen LogP contribution in [0.15, 0.2) is 57.9 Å². The predicted octanol–water partition coefficient (Wildman–Crippen LogP) is 4.86. The molecule has 2 aromatic carbocycles. The van der Waals surface area contributed by atoms with E-state index in [0.717, 1.165) is 21.5 Å². The Labute approximate surface area is 152 Å². The normalized spacial score (nSPS) is 16.3. The van der Waals surface area contributed by atoms with Gasteiger partial charge in [0.05, 0.1) is 17.7 Å². The van der Waals surface area contributed by atoms with Crippen LogP contribution in [0.5, 0.6) is 5.75 Å². The highest BCUT2D eigenvalue weighted by molar-refractivity contribution is 9.10. The third-order valence-corrected chi connectivity index (χ3v) is 5.12. The summed E-state index contributed by atoms with van der Waals surface area (Å²) < 4.78 is 6.63. The molecular weight excluding hydrogens is 394 g/mol. The first-order valence-corrected chi connectivity index (χ1v) is 8.78. The molecule has 0 N–H and O–H groups in total. The molecule has 3 rings (SSSR count). The second-order valence-electron chi connectivity index (χ2n) is 4.77. The molecule has 0 aliphatic carbocycles. The second kappa shape index (κ2) is 6.86. The fourth-order valence-electron chi connectivity index (χ4n) is 2.13. The van der Waals surface area contributed by atoms with Crippen LogP contribution in [0.25, 0.3) is 6.08 Å². The van der Waals surface area contributed by atoms with Gasteiger partial charge in [-0.25, -0.2) is 0 Å². The van der Waals surface area contributed by atoms with Crippen LogP contribution in [0.4, 0.5) is 5.69 Å². The number of thiocarbonyl (C=S) groups is 1. The molecule has 1 heterocycles. The maximum absolute atomic E-state index is 12.6. The number of methoxy groups -OCH3 is 1. The predicted molar refractivity (Wildman–Crippen MR) is 103 cm³/mol. The molecule has 1 aliphatic rings. The Bertz CT molecular complexity index is 785. The molecule has 0 spiro atoms. The molecule has 116 valence electrons. The number of amides is 1. The largest absolute Gasteiger partial charge is 0.497 e. The maximum Gasteiger partial charge on any atom is 0.270 e. The van der Waals surface area contributed by atoms with Crippen LogP contribution >= 0.6 is 39.9 Å². The molecule has 1 fully saturated rings. The monoisotopic (exact) mass is 405 g/mol. The van der Waals surface area contributed by atoms with Crippen molar-refractivity contribution in [3.63, 3.8) is 0 Å². The molecule has 0 unspecified atom stereocenters. The van der Waals surface area contributed by atoms with E-state index in [2.05, 4.69) is 15.9 Å². The smallest absolute Gasteiger partial charge is 0.270 e. The van der Waals surface area contributed by atoms with Gasteiger partial charge >= 0.3 is 0 Å². The molecule has 0 atom stereocenters. The quantitative estimate of drug-likeness (QED) is 0.538. The number of carbonyl (C=O) groups is 1. The fraction of sp³-hybridized carbons (Fsp3) is 0.0588.